The Morgan fingerprint density at radius 1 is 1.06 bits per heavy atom. The molecule has 0 heterocycles. The zero-order valence-electron chi connectivity index (χ0n) is 19.0. The number of aryl methyl sites for hydroxylation is 1. The van der Waals surface area contributed by atoms with Crippen LogP contribution in [0.2, 0.25) is 0 Å². The lowest BCUT2D eigenvalue weighted by Crippen LogP contribution is -2.46. The Labute approximate surface area is 196 Å². The van der Waals surface area contributed by atoms with E-state index in [9.17, 15) is 9.59 Å². The highest BCUT2D eigenvalue weighted by molar-refractivity contribution is 6.27. The lowest BCUT2D eigenvalue weighted by atomic mass is 10.00. The second kappa shape index (κ2) is 11.9. The molecule has 0 aliphatic heterocycles. The van der Waals surface area contributed by atoms with Gasteiger partial charge in [-0.05, 0) is 31.4 Å². The number of hydrogen-bond donors (Lipinski definition) is 1. The minimum absolute atomic E-state index is 0.136. The monoisotopic (exact) mass is 456 g/mol. The molecule has 1 fully saturated rings. The maximum absolute atomic E-state index is 13.6. The van der Waals surface area contributed by atoms with Crippen LogP contribution in [0.3, 0.4) is 0 Å². The summed E-state index contributed by atoms with van der Waals surface area (Å²) in [5.41, 5.74) is 2.69. The number of rotatable bonds is 8. The first-order valence-corrected chi connectivity index (χ1v) is 11.9. The molecule has 32 heavy (non-hydrogen) atoms. The van der Waals surface area contributed by atoms with Crippen molar-refractivity contribution < 1.29 is 14.3 Å². The van der Waals surface area contributed by atoms with E-state index >= 15 is 0 Å². The van der Waals surface area contributed by atoms with E-state index in [0.717, 1.165) is 42.4 Å². The quantitative estimate of drug-likeness (QED) is 0.441. The number of alkyl halides is 1. The molecule has 0 spiro atoms. The fraction of sp³-hybridized carbons (Fsp3) is 0.462. The van der Waals surface area contributed by atoms with E-state index in [1.54, 1.807) is 12.0 Å². The van der Waals surface area contributed by atoms with Gasteiger partial charge in [0.25, 0.3) is 0 Å². The highest BCUT2D eigenvalue weighted by atomic mass is 35.5. The van der Waals surface area contributed by atoms with Crippen molar-refractivity contribution in [3.63, 3.8) is 0 Å². The number of amides is 2. The van der Waals surface area contributed by atoms with Crippen molar-refractivity contribution >= 4 is 23.4 Å². The number of nitrogens with one attached hydrogen (secondary N) is 1. The normalized spacial score (nSPS) is 15.5. The Bertz CT molecular complexity index is 892. The zero-order valence-corrected chi connectivity index (χ0v) is 19.7. The number of para-hydroxylation sites is 1. The van der Waals surface area contributed by atoms with Gasteiger partial charge in [-0.3, -0.25) is 9.59 Å². The van der Waals surface area contributed by atoms with Crippen LogP contribution in [-0.4, -0.2) is 35.7 Å². The SMILES string of the molecule is COc1ccccc1CN(C(=O)CCl)C(C(=O)NC1CCCCCC1)c1ccc(C)cc1. The number of halogens is 1. The predicted octanol–water partition coefficient (Wildman–Crippen LogP) is 5.15. The van der Waals surface area contributed by atoms with Crippen molar-refractivity contribution in [3.8, 4) is 5.75 Å². The van der Waals surface area contributed by atoms with Crippen molar-refractivity contribution in [3.05, 3.63) is 65.2 Å². The molecule has 2 amide bonds. The van der Waals surface area contributed by atoms with Crippen LogP contribution in [0.4, 0.5) is 0 Å². The molecule has 1 unspecified atom stereocenters. The Kier molecular flexibility index (Phi) is 8.98. The summed E-state index contributed by atoms with van der Waals surface area (Å²) in [5.74, 6) is 0.0220. The summed E-state index contributed by atoms with van der Waals surface area (Å²) in [4.78, 5) is 28.2. The molecule has 0 bridgehead atoms. The maximum Gasteiger partial charge on any atom is 0.247 e. The van der Waals surface area contributed by atoms with E-state index in [-0.39, 0.29) is 30.3 Å². The molecule has 0 radical (unpaired) electrons. The van der Waals surface area contributed by atoms with Crippen LogP contribution >= 0.6 is 11.6 Å². The van der Waals surface area contributed by atoms with E-state index in [0.29, 0.717) is 5.75 Å². The van der Waals surface area contributed by atoms with Gasteiger partial charge in [-0.2, -0.15) is 0 Å². The standard InChI is InChI=1S/C26H33ClN2O3/c1-19-13-15-20(16-14-19)25(26(31)28-22-10-5-3-4-6-11-22)29(24(30)17-27)18-21-9-7-8-12-23(21)32-2/h7-9,12-16,22,25H,3-6,10-11,17-18H2,1-2H3,(H,28,31). The topological polar surface area (TPSA) is 58.6 Å². The zero-order chi connectivity index (χ0) is 22.9. The Hall–Kier alpha value is -2.53. The lowest BCUT2D eigenvalue weighted by Gasteiger charge is -2.32. The van der Waals surface area contributed by atoms with Crippen LogP contribution in [0, 0.1) is 6.92 Å². The van der Waals surface area contributed by atoms with Gasteiger partial charge in [0, 0.05) is 11.6 Å². The largest absolute Gasteiger partial charge is 0.496 e. The van der Waals surface area contributed by atoms with Crippen molar-refractivity contribution in [2.24, 2.45) is 0 Å². The molecule has 2 aromatic rings. The van der Waals surface area contributed by atoms with Gasteiger partial charge >= 0.3 is 0 Å². The van der Waals surface area contributed by atoms with Crippen molar-refractivity contribution in [1.29, 1.82) is 0 Å². The van der Waals surface area contributed by atoms with Gasteiger partial charge in [-0.1, -0.05) is 73.7 Å². The summed E-state index contributed by atoms with van der Waals surface area (Å²) in [7, 11) is 1.60. The summed E-state index contributed by atoms with van der Waals surface area (Å²) < 4.78 is 5.49. The first-order chi connectivity index (χ1) is 15.5. The Morgan fingerprint density at radius 3 is 2.34 bits per heavy atom. The van der Waals surface area contributed by atoms with Crippen LogP contribution in [0.5, 0.6) is 5.75 Å². The molecular formula is C26H33ClN2O3. The first-order valence-electron chi connectivity index (χ1n) is 11.4. The number of nitrogens with zero attached hydrogens (tertiary/aromatic N) is 1. The molecular weight excluding hydrogens is 424 g/mol. The smallest absolute Gasteiger partial charge is 0.247 e. The number of methoxy groups -OCH3 is 1. The molecule has 0 saturated heterocycles. The molecule has 0 aromatic heterocycles. The van der Waals surface area contributed by atoms with Gasteiger partial charge in [0.1, 0.15) is 17.7 Å². The molecule has 1 N–H and O–H groups in total. The predicted molar refractivity (Wildman–Crippen MR) is 128 cm³/mol. The van der Waals surface area contributed by atoms with E-state index < -0.39 is 6.04 Å². The third kappa shape index (κ3) is 6.26. The summed E-state index contributed by atoms with van der Waals surface area (Å²) in [6.07, 6.45) is 6.60. The number of carbonyl (C=O) groups is 2. The highest BCUT2D eigenvalue weighted by Gasteiger charge is 2.33. The summed E-state index contributed by atoms with van der Waals surface area (Å²) >= 11 is 6.01. The number of hydrogen-bond acceptors (Lipinski definition) is 3. The third-order valence-electron chi connectivity index (χ3n) is 6.12. The highest BCUT2D eigenvalue weighted by Crippen LogP contribution is 2.28. The minimum atomic E-state index is -0.769. The fourth-order valence-electron chi connectivity index (χ4n) is 4.34. The average molecular weight is 457 g/mol. The first kappa shape index (κ1) is 24.1. The van der Waals surface area contributed by atoms with Crippen LogP contribution in [-0.2, 0) is 16.1 Å². The summed E-state index contributed by atoms with van der Waals surface area (Å²) in [5, 5.41) is 3.24. The van der Waals surface area contributed by atoms with E-state index in [2.05, 4.69) is 5.32 Å². The number of ether oxygens (including phenoxy) is 1. The Balaban J connectivity index is 1.96. The van der Waals surface area contributed by atoms with E-state index in [1.165, 1.54) is 12.8 Å². The molecule has 1 aliphatic rings. The molecule has 172 valence electrons. The molecule has 6 heteroatoms. The molecule has 3 rings (SSSR count). The summed E-state index contributed by atoms with van der Waals surface area (Å²) in [6, 6.07) is 14.7. The fourth-order valence-corrected chi connectivity index (χ4v) is 4.50. The average Bonchev–Trinajstić information content (AvgIpc) is 3.08. The maximum atomic E-state index is 13.6. The molecule has 1 aliphatic carbocycles. The van der Waals surface area contributed by atoms with Crippen LogP contribution in [0.15, 0.2) is 48.5 Å². The third-order valence-corrected chi connectivity index (χ3v) is 6.35. The second-order valence-corrected chi connectivity index (χ2v) is 8.74. The van der Waals surface area contributed by atoms with Gasteiger partial charge in [0.2, 0.25) is 11.8 Å². The minimum Gasteiger partial charge on any atom is -0.496 e. The van der Waals surface area contributed by atoms with Gasteiger partial charge in [0.15, 0.2) is 0 Å². The lowest BCUT2D eigenvalue weighted by molar-refractivity contribution is -0.140. The molecule has 5 nitrogen and oxygen atoms in total. The number of benzene rings is 2. The Morgan fingerprint density at radius 2 is 1.72 bits per heavy atom. The van der Waals surface area contributed by atoms with Gasteiger partial charge in [0.05, 0.1) is 13.7 Å². The molecule has 2 aromatic carbocycles. The van der Waals surface area contributed by atoms with Crippen molar-refractivity contribution in [1.82, 2.24) is 10.2 Å². The number of carbonyl (C=O) groups excluding carboxylic acids is 2. The van der Waals surface area contributed by atoms with Gasteiger partial charge in [-0.15, -0.1) is 11.6 Å². The van der Waals surface area contributed by atoms with Crippen molar-refractivity contribution in [2.45, 2.75) is 64.1 Å². The van der Waals surface area contributed by atoms with Gasteiger partial charge in [-0.25, -0.2) is 0 Å². The second-order valence-electron chi connectivity index (χ2n) is 8.48. The van der Waals surface area contributed by atoms with Crippen LogP contribution < -0.4 is 10.1 Å². The van der Waals surface area contributed by atoms with E-state index in [4.69, 9.17) is 16.3 Å². The van der Waals surface area contributed by atoms with E-state index in [1.807, 2.05) is 55.5 Å². The van der Waals surface area contributed by atoms with Crippen LogP contribution in [0.1, 0.15) is 61.3 Å². The van der Waals surface area contributed by atoms with Crippen LogP contribution in [0.25, 0.3) is 0 Å². The molecule has 1 saturated carbocycles. The van der Waals surface area contributed by atoms with Crippen molar-refractivity contribution in [2.75, 3.05) is 13.0 Å². The van der Waals surface area contributed by atoms with Gasteiger partial charge < -0.3 is 15.0 Å². The summed E-state index contributed by atoms with van der Waals surface area (Å²) in [6.45, 7) is 2.23. The molecule has 1 atom stereocenters.